The molecular formula is C14H17NO2S. The Morgan fingerprint density at radius 2 is 1.94 bits per heavy atom. The Morgan fingerprint density at radius 3 is 2.50 bits per heavy atom. The summed E-state index contributed by atoms with van der Waals surface area (Å²) in [5.41, 5.74) is 0.0337. The predicted octanol–water partition coefficient (Wildman–Crippen LogP) is 3.26. The quantitative estimate of drug-likeness (QED) is 0.920. The third kappa shape index (κ3) is 3.09. The van der Waals surface area contributed by atoms with Crippen LogP contribution in [-0.4, -0.2) is 10.1 Å². The molecule has 4 heteroatoms. The van der Waals surface area contributed by atoms with Gasteiger partial charge in [0.05, 0.1) is 16.2 Å². The van der Waals surface area contributed by atoms with Crippen molar-refractivity contribution in [3.63, 3.8) is 0 Å². The van der Waals surface area contributed by atoms with E-state index in [4.69, 9.17) is 4.74 Å². The summed E-state index contributed by atoms with van der Waals surface area (Å²) in [6.07, 6.45) is 0. The van der Waals surface area contributed by atoms with Gasteiger partial charge in [-0.3, -0.25) is 0 Å². The summed E-state index contributed by atoms with van der Waals surface area (Å²) in [6.45, 7) is 5.89. The number of nitrogens with zero attached hydrogens (tertiary/aromatic N) is 1. The lowest BCUT2D eigenvalue weighted by Crippen LogP contribution is -2.14. The van der Waals surface area contributed by atoms with Crippen molar-refractivity contribution < 1.29 is 9.84 Å². The Balaban J connectivity index is 2.07. The number of ether oxygens (including phenoxy) is 1. The van der Waals surface area contributed by atoms with E-state index in [1.54, 1.807) is 13.8 Å². The van der Waals surface area contributed by atoms with Crippen molar-refractivity contribution in [2.24, 2.45) is 0 Å². The topological polar surface area (TPSA) is 42.4 Å². The highest BCUT2D eigenvalue weighted by molar-refractivity contribution is 7.11. The highest BCUT2D eigenvalue weighted by Gasteiger charge is 2.22. The third-order valence-corrected chi connectivity index (χ3v) is 3.95. The van der Waals surface area contributed by atoms with E-state index in [9.17, 15) is 5.11 Å². The number of aryl methyl sites for hydroxylation is 1. The van der Waals surface area contributed by atoms with Crippen molar-refractivity contribution in [2.45, 2.75) is 33.0 Å². The summed E-state index contributed by atoms with van der Waals surface area (Å²) in [6, 6.07) is 9.65. The third-order valence-electron chi connectivity index (χ3n) is 2.50. The Labute approximate surface area is 111 Å². The summed E-state index contributed by atoms with van der Waals surface area (Å²) >= 11 is 1.50. The average Bonchev–Trinajstić information content (AvgIpc) is 2.69. The van der Waals surface area contributed by atoms with Crippen molar-refractivity contribution in [3.8, 4) is 5.75 Å². The molecule has 2 rings (SSSR count). The first kappa shape index (κ1) is 13.1. The zero-order valence-corrected chi connectivity index (χ0v) is 11.6. The number of benzene rings is 1. The van der Waals surface area contributed by atoms with E-state index in [2.05, 4.69) is 4.98 Å². The zero-order valence-electron chi connectivity index (χ0n) is 10.8. The molecule has 0 aliphatic rings. The summed E-state index contributed by atoms with van der Waals surface area (Å²) in [5.74, 6) is 0.829. The molecule has 0 bridgehead atoms. The Morgan fingerprint density at radius 1 is 1.28 bits per heavy atom. The Kier molecular flexibility index (Phi) is 3.68. The fourth-order valence-corrected chi connectivity index (χ4v) is 2.72. The molecule has 0 unspecified atom stereocenters. The minimum absolute atomic E-state index is 0.436. The summed E-state index contributed by atoms with van der Waals surface area (Å²) in [7, 11) is 0. The lowest BCUT2D eigenvalue weighted by atomic mass is 10.1. The molecule has 0 fully saturated rings. The summed E-state index contributed by atoms with van der Waals surface area (Å²) < 4.78 is 5.64. The fourth-order valence-electron chi connectivity index (χ4n) is 1.74. The number of para-hydroxylation sites is 1. The van der Waals surface area contributed by atoms with Crippen molar-refractivity contribution >= 4 is 11.3 Å². The van der Waals surface area contributed by atoms with Crippen LogP contribution in [0, 0.1) is 6.92 Å². The first-order chi connectivity index (χ1) is 8.47. The van der Waals surface area contributed by atoms with Gasteiger partial charge < -0.3 is 9.84 Å². The summed E-state index contributed by atoms with van der Waals surface area (Å²) in [4.78, 5) is 5.32. The smallest absolute Gasteiger partial charge is 0.140 e. The van der Waals surface area contributed by atoms with Crippen LogP contribution in [0.25, 0.3) is 0 Å². The maximum absolute atomic E-state index is 10.00. The van der Waals surface area contributed by atoms with Crippen LogP contribution < -0.4 is 4.74 Å². The molecule has 1 N–H and O–H groups in total. The maximum Gasteiger partial charge on any atom is 0.140 e. The van der Waals surface area contributed by atoms with Gasteiger partial charge in [0.25, 0.3) is 0 Å². The molecule has 0 saturated carbocycles. The SMILES string of the molecule is Cc1nc(COc2ccccc2)sc1C(C)(C)O. The number of thiazole rings is 1. The second kappa shape index (κ2) is 5.08. The molecule has 3 nitrogen and oxygen atoms in total. The van der Waals surface area contributed by atoms with Crippen molar-refractivity contribution in [3.05, 3.63) is 45.9 Å². The van der Waals surface area contributed by atoms with Gasteiger partial charge in [-0.1, -0.05) is 18.2 Å². The molecular weight excluding hydrogens is 246 g/mol. The highest BCUT2D eigenvalue weighted by atomic mass is 32.1. The van der Waals surface area contributed by atoms with Gasteiger partial charge in [-0.2, -0.15) is 0 Å². The van der Waals surface area contributed by atoms with Crippen molar-refractivity contribution in [2.75, 3.05) is 0 Å². The summed E-state index contributed by atoms with van der Waals surface area (Å²) in [5, 5.41) is 10.9. The zero-order chi connectivity index (χ0) is 13.2. The molecule has 18 heavy (non-hydrogen) atoms. The van der Waals surface area contributed by atoms with E-state index >= 15 is 0 Å². The predicted molar refractivity (Wildman–Crippen MR) is 72.9 cm³/mol. The highest BCUT2D eigenvalue weighted by Crippen LogP contribution is 2.29. The van der Waals surface area contributed by atoms with Gasteiger partial charge in [0.2, 0.25) is 0 Å². The Bertz CT molecular complexity index is 514. The fraction of sp³-hybridized carbons (Fsp3) is 0.357. The number of aromatic nitrogens is 1. The molecule has 1 heterocycles. The lowest BCUT2D eigenvalue weighted by Gasteiger charge is -2.14. The normalized spacial score (nSPS) is 11.6. The molecule has 0 atom stereocenters. The largest absolute Gasteiger partial charge is 0.486 e. The van der Waals surface area contributed by atoms with E-state index in [-0.39, 0.29) is 0 Å². The Hall–Kier alpha value is -1.39. The van der Waals surface area contributed by atoms with Gasteiger partial charge in [-0.25, -0.2) is 4.98 Å². The van der Waals surface area contributed by atoms with E-state index in [1.165, 1.54) is 11.3 Å². The van der Waals surface area contributed by atoms with Crippen LogP contribution in [0.4, 0.5) is 0 Å². The van der Waals surface area contributed by atoms with Gasteiger partial charge in [-0.05, 0) is 32.9 Å². The molecule has 0 spiro atoms. The maximum atomic E-state index is 10.00. The number of rotatable bonds is 4. The average molecular weight is 263 g/mol. The van der Waals surface area contributed by atoms with E-state index < -0.39 is 5.60 Å². The van der Waals surface area contributed by atoms with Gasteiger partial charge in [0.1, 0.15) is 17.4 Å². The standard InChI is InChI=1S/C14H17NO2S/c1-10-13(14(2,3)16)18-12(15-10)9-17-11-7-5-4-6-8-11/h4-8,16H,9H2,1-3H3. The van der Waals surface area contributed by atoms with Crippen LogP contribution in [0.15, 0.2) is 30.3 Å². The molecule has 2 aromatic rings. The van der Waals surface area contributed by atoms with Crippen LogP contribution in [0.1, 0.15) is 29.4 Å². The van der Waals surface area contributed by atoms with E-state index in [1.807, 2.05) is 37.3 Å². The van der Waals surface area contributed by atoms with Crippen LogP contribution in [0.5, 0.6) is 5.75 Å². The van der Waals surface area contributed by atoms with Gasteiger partial charge in [-0.15, -0.1) is 11.3 Å². The van der Waals surface area contributed by atoms with Gasteiger partial charge >= 0.3 is 0 Å². The van der Waals surface area contributed by atoms with Crippen molar-refractivity contribution in [1.29, 1.82) is 0 Å². The number of aliphatic hydroxyl groups is 1. The molecule has 1 aromatic carbocycles. The van der Waals surface area contributed by atoms with Crippen LogP contribution in [0.2, 0.25) is 0 Å². The molecule has 0 aliphatic carbocycles. The number of hydrogen-bond donors (Lipinski definition) is 1. The molecule has 1 aromatic heterocycles. The van der Waals surface area contributed by atoms with Crippen LogP contribution in [0.3, 0.4) is 0 Å². The molecule has 0 saturated heterocycles. The van der Waals surface area contributed by atoms with Crippen LogP contribution in [-0.2, 0) is 12.2 Å². The van der Waals surface area contributed by atoms with Gasteiger partial charge in [0.15, 0.2) is 0 Å². The van der Waals surface area contributed by atoms with Crippen molar-refractivity contribution in [1.82, 2.24) is 4.98 Å². The lowest BCUT2D eigenvalue weighted by molar-refractivity contribution is 0.0817. The first-order valence-electron chi connectivity index (χ1n) is 5.84. The van der Waals surface area contributed by atoms with Crippen LogP contribution >= 0.6 is 11.3 Å². The second-order valence-electron chi connectivity index (χ2n) is 4.68. The molecule has 0 radical (unpaired) electrons. The monoisotopic (exact) mass is 263 g/mol. The second-order valence-corrected chi connectivity index (χ2v) is 5.77. The minimum Gasteiger partial charge on any atom is -0.486 e. The molecule has 0 aliphatic heterocycles. The first-order valence-corrected chi connectivity index (χ1v) is 6.65. The molecule has 96 valence electrons. The molecule has 0 amide bonds. The van der Waals surface area contributed by atoms with Gasteiger partial charge in [0, 0.05) is 0 Å². The van der Waals surface area contributed by atoms with E-state index in [0.29, 0.717) is 6.61 Å². The number of hydrogen-bond acceptors (Lipinski definition) is 4. The van der Waals surface area contributed by atoms with E-state index in [0.717, 1.165) is 21.3 Å². The minimum atomic E-state index is -0.841.